The van der Waals surface area contributed by atoms with Crippen molar-refractivity contribution in [2.75, 3.05) is 13.7 Å². The van der Waals surface area contributed by atoms with E-state index in [0.717, 1.165) is 16.7 Å². The molecule has 0 bridgehead atoms. The minimum atomic E-state index is -4.43. The van der Waals surface area contributed by atoms with Gasteiger partial charge in [-0.3, -0.25) is 4.55 Å². The van der Waals surface area contributed by atoms with Crippen LogP contribution >= 0.6 is 0 Å². The van der Waals surface area contributed by atoms with E-state index in [4.69, 9.17) is 10.3 Å². The number of nitrogens with zero attached hydrogens (tertiary/aromatic N) is 1. The molecule has 6 nitrogen and oxygen atoms in total. The van der Waals surface area contributed by atoms with Gasteiger partial charge >= 0.3 is 10.4 Å². The maximum absolute atomic E-state index is 10.7. The largest absolute Gasteiger partial charge is 0.397 e. The minimum Gasteiger partial charge on any atom is -0.372 e. The zero-order valence-electron chi connectivity index (χ0n) is 12.3. The lowest BCUT2D eigenvalue weighted by Gasteiger charge is -2.27. The summed E-state index contributed by atoms with van der Waals surface area (Å²) in [6.45, 7) is 0.337. The first kappa shape index (κ1) is 16.7. The highest BCUT2D eigenvalue weighted by molar-refractivity contribution is 7.80. The van der Waals surface area contributed by atoms with Crippen molar-refractivity contribution >= 4 is 10.4 Å². The van der Waals surface area contributed by atoms with E-state index in [1.54, 1.807) is 0 Å². The van der Waals surface area contributed by atoms with Crippen molar-refractivity contribution in [1.29, 1.82) is 0 Å². The van der Waals surface area contributed by atoms with Gasteiger partial charge in [0.05, 0.1) is 12.6 Å². The van der Waals surface area contributed by atoms with Crippen LogP contribution in [-0.4, -0.2) is 37.6 Å². The lowest BCUT2D eigenvalue weighted by Crippen LogP contribution is -2.33. The molecule has 0 radical (unpaired) electrons. The zero-order valence-corrected chi connectivity index (χ0v) is 13.2. The molecule has 0 saturated heterocycles. The SMILES string of the molecule is CN1C=CC(Cc2ccccc2CN)=CC1COS(=O)(=O)O. The minimum absolute atomic E-state index is 0.137. The molecule has 1 aliphatic heterocycles. The van der Waals surface area contributed by atoms with Gasteiger partial charge < -0.3 is 10.6 Å². The Labute approximate surface area is 130 Å². The highest BCUT2D eigenvalue weighted by atomic mass is 32.3. The number of allylic oxidation sites excluding steroid dienone is 2. The second-order valence-electron chi connectivity index (χ2n) is 5.15. The van der Waals surface area contributed by atoms with Crippen molar-refractivity contribution in [2.24, 2.45) is 5.73 Å². The number of likely N-dealkylation sites (N-methyl/N-ethyl adjacent to an activating group) is 1. The van der Waals surface area contributed by atoms with E-state index in [2.05, 4.69) is 4.18 Å². The molecule has 0 amide bonds. The van der Waals surface area contributed by atoms with E-state index in [0.29, 0.717) is 13.0 Å². The molecule has 1 aromatic carbocycles. The van der Waals surface area contributed by atoms with E-state index in [9.17, 15) is 8.42 Å². The molecular formula is C15H20N2O4S. The van der Waals surface area contributed by atoms with Gasteiger partial charge in [-0.05, 0) is 35.4 Å². The lowest BCUT2D eigenvalue weighted by atomic mass is 9.97. The maximum Gasteiger partial charge on any atom is 0.397 e. The van der Waals surface area contributed by atoms with Crippen molar-refractivity contribution in [2.45, 2.75) is 19.0 Å². The third-order valence-electron chi connectivity index (χ3n) is 3.57. The summed E-state index contributed by atoms with van der Waals surface area (Å²) in [6.07, 6.45) is 6.47. The number of nitrogens with two attached hydrogens (primary N) is 1. The standard InChI is InChI=1S/C15H20N2O4S/c1-17-7-6-12(9-15(17)11-21-22(18,19)20)8-13-4-2-3-5-14(13)10-16/h2-7,9,15H,8,10-11,16H2,1H3,(H,18,19,20). The zero-order chi connectivity index (χ0) is 16.2. The van der Waals surface area contributed by atoms with Crippen molar-refractivity contribution in [3.05, 3.63) is 59.3 Å². The van der Waals surface area contributed by atoms with Crippen LogP contribution in [0.15, 0.2) is 48.2 Å². The van der Waals surface area contributed by atoms with Crippen LogP contribution in [0.25, 0.3) is 0 Å². The summed E-state index contributed by atoms with van der Waals surface area (Å²) >= 11 is 0. The molecule has 0 saturated carbocycles. The Hall–Kier alpha value is -1.67. The van der Waals surface area contributed by atoms with Gasteiger partial charge in [-0.1, -0.05) is 30.3 Å². The first-order chi connectivity index (χ1) is 10.4. The average molecular weight is 324 g/mol. The van der Waals surface area contributed by atoms with E-state index < -0.39 is 10.4 Å². The van der Waals surface area contributed by atoms with E-state index in [-0.39, 0.29) is 12.6 Å². The molecule has 2 rings (SSSR count). The second kappa shape index (κ2) is 7.06. The highest BCUT2D eigenvalue weighted by Crippen LogP contribution is 2.19. The van der Waals surface area contributed by atoms with E-state index >= 15 is 0 Å². The Bertz CT molecular complexity index is 683. The summed E-state index contributed by atoms with van der Waals surface area (Å²) in [5.41, 5.74) is 9.01. The molecule has 22 heavy (non-hydrogen) atoms. The van der Waals surface area contributed by atoms with Crippen molar-refractivity contribution in [3.8, 4) is 0 Å². The molecule has 0 spiro atoms. The third kappa shape index (κ3) is 4.67. The van der Waals surface area contributed by atoms with Crippen LogP contribution in [0.2, 0.25) is 0 Å². The van der Waals surface area contributed by atoms with Crippen LogP contribution in [0.4, 0.5) is 0 Å². The number of hydrogen-bond acceptors (Lipinski definition) is 5. The summed E-state index contributed by atoms with van der Waals surface area (Å²) in [6, 6.07) is 7.68. The summed E-state index contributed by atoms with van der Waals surface area (Å²) in [5, 5.41) is 0. The van der Waals surface area contributed by atoms with Crippen LogP contribution < -0.4 is 5.73 Å². The predicted molar refractivity (Wildman–Crippen MR) is 84.3 cm³/mol. The molecule has 1 aromatic rings. The lowest BCUT2D eigenvalue weighted by molar-refractivity contribution is 0.210. The molecule has 1 heterocycles. The van der Waals surface area contributed by atoms with Gasteiger partial charge in [0.15, 0.2) is 0 Å². The van der Waals surface area contributed by atoms with Crippen LogP contribution in [0, 0.1) is 0 Å². The topological polar surface area (TPSA) is 92.9 Å². The molecule has 1 unspecified atom stereocenters. The van der Waals surface area contributed by atoms with Gasteiger partial charge in [0.2, 0.25) is 0 Å². The summed E-state index contributed by atoms with van der Waals surface area (Å²) in [5.74, 6) is 0. The number of rotatable bonds is 6. The van der Waals surface area contributed by atoms with Gasteiger partial charge in [0.1, 0.15) is 0 Å². The fourth-order valence-corrected chi connectivity index (χ4v) is 2.64. The van der Waals surface area contributed by atoms with Gasteiger partial charge in [-0.15, -0.1) is 0 Å². The van der Waals surface area contributed by atoms with Crippen molar-refractivity contribution in [1.82, 2.24) is 4.90 Å². The smallest absolute Gasteiger partial charge is 0.372 e. The summed E-state index contributed by atoms with van der Waals surface area (Å²) in [4.78, 5) is 1.82. The average Bonchev–Trinajstić information content (AvgIpc) is 2.47. The third-order valence-corrected chi connectivity index (χ3v) is 4.01. The Kier molecular flexibility index (Phi) is 5.36. The first-order valence-electron chi connectivity index (χ1n) is 6.88. The molecule has 120 valence electrons. The quantitative estimate of drug-likeness (QED) is 0.765. The molecular weight excluding hydrogens is 304 g/mol. The van der Waals surface area contributed by atoms with Crippen LogP contribution in [0.1, 0.15) is 11.1 Å². The Balaban J connectivity index is 2.11. The highest BCUT2D eigenvalue weighted by Gasteiger charge is 2.18. The first-order valence-corrected chi connectivity index (χ1v) is 8.25. The fraction of sp³-hybridized carbons (Fsp3) is 0.333. The van der Waals surface area contributed by atoms with Gasteiger partial charge in [-0.2, -0.15) is 8.42 Å². The number of hydrogen-bond donors (Lipinski definition) is 2. The number of benzene rings is 1. The normalized spacial score (nSPS) is 18.4. The summed E-state index contributed by atoms with van der Waals surface area (Å²) < 4.78 is 34.6. The molecule has 0 aromatic heterocycles. The van der Waals surface area contributed by atoms with Crippen LogP contribution in [0.3, 0.4) is 0 Å². The van der Waals surface area contributed by atoms with Crippen molar-refractivity contribution in [3.63, 3.8) is 0 Å². The molecule has 3 N–H and O–H groups in total. The Morgan fingerprint density at radius 2 is 2.00 bits per heavy atom. The fourth-order valence-electron chi connectivity index (χ4n) is 2.33. The molecule has 0 fully saturated rings. The van der Waals surface area contributed by atoms with E-state index in [1.807, 2.05) is 54.6 Å². The summed E-state index contributed by atoms with van der Waals surface area (Å²) in [7, 11) is -2.62. The van der Waals surface area contributed by atoms with Gasteiger partial charge in [0, 0.05) is 13.6 Å². The Morgan fingerprint density at radius 1 is 1.32 bits per heavy atom. The van der Waals surface area contributed by atoms with Gasteiger partial charge in [-0.25, -0.2) is 4.18 Å². The van der Waals surface area contributed by atoms with Gasteiger partial charge in [0.25, 0.3) is 0 Å². The van der Waals surface area contributed by atoms with Crippen LogP contribution in [-0.2, 0) is 27.5 Å². The molecule has 1 atom stereocenters. The Morgan fingerprint density at radius 3 is 2.64 bits per heavy atom. The van der Waals surface area contributed by atoms with Crippen LogP contribution in [0.5, 0.6) is 0 Å². The predicted octanol–water partition coefficient (Wildman–Crippen LogP) is 1.26. The molecule has 7 heteroatoms. The van der Waals surface area contributed by atoms with Crippen molar-refractivity contribution < 1.29 is 17.2 Å². The monoisotopic (exact) mass is 324 g/mol. The van der Waals surface area contributed by atoms with E-state index in [1.165, 1.54) is 0 Å². The molecule has 1 aliphatic rings. The molecule has 0 aliphatic carbocycles. The second-order valence-corrected chi connectivity index (χ2v) is 6.24. The maximum atomic E-state index is 10.7.